The first-order valence-electron chi connectivity index (χ1n) is 10.9. The van der Waals surface area contributed by atoms with Crippen LogP contribution >= 0.6 is 0 Å². The monoisotopic (exact) mass is 429 g/mol. The fourth-order valence-electron chi connectivity index (χ4n) is 3.14. The van der Waals surface area contributed by atoms with E-state index in [0.717, 1.165) is 12.8 Å². The fourth-order valence-corrected chi connectivity index (χ4v) is 3.99. The Hall–Kier alpha value is -1.15. The van der Waals surface area contributed by atoms with Crippen LogP contribution < -0.4 is 10.6 Å². The molecule has 29 heavy (non-hydrogen) atoms. The second-order valence-electron chi connectivity index (χ2n) is 7.57. The van der Waals surface area contributed by atoms with Gasteiger partial charge >= 0.3 is 0 Å². The van der Waals surface area contributed by atoms with Gasteiger partial charge in [-0.2, -0.15) is 18.6 Å². The summed E-state index contributed by atoms with van der Waals surface area (Å²) < 4.78 is 38.8. The quantitative estimate of drug-likeness (QED) is 0.250. The Morgan fingerprint density at radius 1 is 0.862 bits per heavy atom. The SMILES string of the molecule is CCCCCCCCCCCCOCC(COc1ccccc1)CS(=O)(=O)ON. The van der Waals surface area contributed by atoms with E-state index < -0.39 is 10.1 Å². The Morgan fingerprint density at radius 3 is 2.03 bits per heavy atom. The summed E-state index contributed by atoms with van der Waals surface area (Å²) >= 11 is 0. The van der Waals surface area contributed by atoms with E-state index in [-0.39, 0.29) is 18.3 Å². The first-order chi connectivity index (χ1) is 14.1. The molecular weight excluding hydrogens is 390 g/mol. The minimum atomic E-state index is -3.77. The van der Waals surface area contributed by atoms with Crippen molar-refractivity contribution in [1.29, 1.82) is 0 Å². The molecule has 7 heteroatoms. The van der Waals surface area contributed by atoms with Crippen LogP contribution in [0.15, 0.2) is 30.3 Å². The summed E-state index contributed by atoms with van der Waals surface area (Å²) in [5, 5.41) is 0. The van der Waals surface area contributed by atoms with E-state index in [2.05, 4.69) is 11.2 Å². The second-order valence-corrected chi connectivity index (χ2v) is 9.21. The number of hydrogen-bond donors (Lipinski definition) is 1. The Bertz CT molecular complexity index is 594. The molecule has 2 N–H and O–H groups in total. The zero-order valence-electron chi connectivity index (χ0n) is 17.9. The molecule has 6 nitrogen and oxygen atoms in total. The van der Waals surface area contributed by atoms with Crippen molar-refractivity contribution >= 4 is 10.1 Å². The third kappa shape index (κ3) is 14.5. The summed E-state index contributed by atoms with van der Waals surface area (Å²) in [5.74, 6) is 4.98. The molecule has 1 unspecified atom stereocenters. The van der Waals surface area contributed by atoms with Gasteiger partial charge < -0.3 is 9.47 Å². The summed E-state index contributed by atoms with van der Waals surface area (Å²) in [6.45, 7) is 3.39. The zero-order valence-corrected chi connectivity index (χ0v) is 18.7. The van der Waals surface area contributed by atoms with Crippen LogP contribution in [-0.2, 0) is 19.1 Å². The standard InChI is InChI=1S/C22H39NO5S/c1-2-3-4-5-6-7-8-9-10-14-17-26-18-21(20-29(24,25)28-23)19-27-22-15-12-11-13-16-22/h11-13,15-16,21H,2-10,14,17-20,23H2,1H3. The van der Waals surface area contributed by atoms with Crippen LogP contribution in [0.4, 0.5) is 0 Å². The average Bonchev–Trinajstić information content (AvgIpc) is 2.73. The fraction of sp³-hybridized carbons (Fsp3) is 0.727. The number of ether oxygens (including phenoxy) is 2. The van der Waals surface area contributed by atoms with Crippen LogP contribution in [0.25, 0.3) is 0 Å². The summed E-state index contributed by atoms with van der Waals surface area (Å²) in [6.07, 6.45) is 12.7. The molecule has 0 aliphatic rings. The first kappa shape index (κ1) is 25.9. The highest BCUT2D eigenvalue weighted by molar-refractivity contribution is 7.86. The third-order valence-electron chi connectivity index (χ3n) is 4.81. The van der Waals surface area contributed by atoms with Crippen molar-refractivity contribution in [2.75, 3.05) is 25.6 Å². The minimum absolute atomic E-state index is 0.227. The summed E-state index contributed by atoms with van der Waals surface area (Å²) in [7, 11) is -3.77. The molecule has 0 aliphatic carbocycles. The topological polar surface area (TPSA) is 87.8 Å². The van der Waals surface area contributed by atoms with Crippen LogP contribution in [0.5, 0.6) is 5.75 Å². The maximum Gasteiger partial charge on any atom is 0.283 e. The van der Waals surface area contributed by atoms with Gasteiger partial charge in [0.2, 0.25) is 0 Å². The number of nitrogens with two attached hydrogens (primary N) is 1. The lowest BCUT2D eigenvalue weighted by Gasteiger charge is -2.17. The van der Waals surface area contributed by atoms with Gasteiger partial charge in [0.05, 0.1) is 19.0 Å². The molecule has 1 aromatic carbocycles. The molecule has 0 aliphatic heterocycles. The minimum Gasteiger partial charge on any atom is -0.493 e. The van der Waals surface area contributed by atoms with Gasteiger partial charge in [-0.05, 0) is 18.6 Å². The lowest BCUT2D eigenvalue weighted by Crippen LogP contribution is -2.29. The second kappa shape index (κ2) is 16.6. The Morgan fingerprint density at radius 2 is 1.45 bits per heavy atom. The van der Waals surface area contributed by atoms with Gasteiger partial charge in [0.25, 0.3) is 10.1 Å². The first-order valence-corrected chi connectivity index (χ1v) is 12.5. The molecule has 0 radical (unpaired) electrons. The predicted molar refractivity (Wildman–Crippen MR) is 117 cm³/mol. The van der Waals surface area contributed by atoms with Crippen LogP contribution in [0.2, 0.25) is 0 Å². The normalized spacial score (nSPS) is 12.8. The van der Waals surface area contributed by atoms with E-state index in [1.54, 1.807) is 0 Å². The molecule has 0 amide bonds. The molecule has 0 bridgehead atoms. The van der Waals surface area contributed by atoms with Gasteiger partial charge in [-0.3, -0.25) is 0 Å². The van der Waals surface area contributed by atoms with Crippen LogP contribution in [-0.4, -0.2) is 34.0 Å². The van der Waals surface area contributed by atoms with Crippen LogP contribution in [0.1, 0.15) is 71.1 Å². The molecule has 0 aromatic heterocycles. The number of rotatable bonds is 19. The van der Waals surface area contributed by atoms with Crippen molar-refractivity contribution in [3.8, 4) is 5.75 Å². The summed E-state index contributed by atoms with van der Waals surface area (Å²) in [5.41, 5.74) is 0. The maximum absolute atomic E-state index is 11.7. The number of hydrogen-bond acceptors (Lipinski definition) is 6. The molecule has 0 saturated carbocycles. The highest BCUT2D eigenvalue weighted by atomic mass is 32.2. The van der Waals surface area contributed by atoms with Crippen LogP contribution in [0, 0.1) is 5.92 Å². The Kier molecular flexibility index (Phi) is 14.8. The lowest BCUT2D eigenvalue weighted by atomic mass is 10.1. The van der Waals surface area contributed by atoms with Gasteiger partial charge in [0.1, 0.15) is 5.75 Å². The molecule has 0 fully saturated rings. The molecule has 0 heterocycles. The smallest absolute Gasteiger partial charge is 0.283 e. The highest BCUT2D eigenvalue weighted by Gasteiger charge is 2.20. The van der Waals surface area contributed by atoms with E-state index >= 15 is 0 Å². The van der Waals surface area contributed by atoms with Crippen LogP contribution in [0.3, 0.4) is 0 Å². The van der Waals surface area contributed by atoms with Gasteiger partial charge in [-0.15, -0.1) is 0 Å². The van der Waals surface area contributed by atoms with Crippen molar-refractivity contribution in [1.82, 2.24) is 0 Å². The number of para-hydroxylation sites is 1. The number of unbranched alkanes of at least 4 members (excludes halogenated alkanes) is 9. The van der Waals surface area contributed by atoms with Crippen molar-refractivity contribution in [3.05, 3.63) is 30.3 Å². The molecule has 0 spiro atoms. The number of benzene rings is 1. The van der Waals surface area contributed by atoms with E-state index in [1.807, 2.05) is 30.3 Å². The van der Waals surface area contributed by atoms with Gasteiger partial charge in [0, 0.05) is 12.5 Å². The maximum atomic E-state index is 11.7. The molecule has 0 saturated heterocycles. The molecule has 1 atom stereocenters. The van der Waals surface area contributed by atoms with Gasteiger partial charge in [-0.1, -0.05) is 82.9 Å². The van der Waals surface area contributed by atoms with Gasteiger partial charge in [0.15, 0.2) is 0 Å². The summed E-state index contributed by atoms with van der Waals surface area (Å²) in [6, 6.07) is 9.29. The van der Waals surface area contributed by atoms with E-state index in [0.29, 0.717) is 19.0 Å². The molecule has 1 rings (SSSR count). The van der Waals surface area contributed by atoms with E-state index in [9.17, 15) is 8.42 Å². The third-order valence-corrected chi connectivity index (χ3v) is 5.98. The Balaban J connectivity index is 2.16. The predicted octanol–water partition coefficient (Wildman–Crippen LogP) is 4.84. The molecular formula is C22H39NO5S. The van der Waals surface area contributed by atoms with Crippen molar-refractivity contribution in [2.24, 2.45) is 11.8 Å². The Labute approximate surface area is 177 Å². The molecule has 168 valence electrons. The van der Waals surface area contributed by atoms with E-state index in [4.69, 9.17) is 15.4 Å². The van der Waals surface area contributed by atoms with E-state index in [1.165, 1.54) is 51.4 Å². The molecule has 1 aromatic rings. The largest absolute Gasteiger partial charge is 0.493 e. The van der Waals surface area contributed by atoms with Crippen molar-refractivity contribution in [3.63, 3.8) is 0 Å². The highest BCUT2D eigenvalue weighted by Crippen LogP contribution is 2.13. The van der Waals surface area contributed by atoms with Gasteiger partial charge in [-0.25, -0.2) is 0 Å². The van der Waals surface area contributed by atoms with Crippen molar-refractivity contribution < 1.29 is 22.2 Å². The average molecular weight is 430 g/mol. The van der Waals surface area contributed by atoms with Crippen molar-refractivity contribution in [2.45, 2.75) is 71.1 Å². The summed E-state index contributed by atoms with van der Waals surface area (Å²) in [4.78, 5) is 0. The zero-order chi connectivity index (χ0) is 21.2. The lowest BCUT2D eigenvalue weighted by molar-refractivity contribution is 0.0822.